The molecule has 2 aromatic rings. The molecule has 1 N–H and O–H groups in total. The molecule has 20 heavy (non-hydrogen) atoms. The zero-order valence-electron chi connectivity index (χ0n) is 11.7. The van der Waals surface area contributed by atoms with E-state index in [0.717, 1.165) is 19.6 Å². The number of nitrogens with zero attached hydrogens (tertiary/aromatic N) is 3. The van der Waals surface area contributed by atoms with Crippen molar-refractivity contribution in [3.05, 3.63) is 24.3 Å². The maximum absolute atomic E-state index is 5.30. The summed E-state index contributed by atoms with van der Waals surface area (Å²) in [5.41, 5.74) is 0. The van der Waals surface area contributed by atoms with Crippen LogP contribution in [0.5, 0.6) is 0 Å². The largest absolute Gasteiger partial charge is 0.461 e. The number of hydrogen-bond donors (Lipinski definition) is 1. The van der Waals surface area contributed by atoms with Crippen LogP contribution in [0.2, 0.25) is 0 Å². The molecule has 1 aliphatic heterocycles. The van der Waals surface area contributed by atoms with E-state index in [-0.39, 0.29) is 0 Å². The van der Waals surface area contributed by atoms with E-state index in [1.165, 1.54) is 12.8 Å². The Balaban J connectivity index is 1.60. The third-order valence-corrected chi connectivity index (χ3v) is 3.66. The molecule has 0 radical (unpaired) electrons. The minimum atomic E-state index is 0.514. The summed E-state index contributed by atoms with van der Waals surface area (Å²) in [5, 5.41) is 7.47. The third kappa shape index (κ3) is 3.08. The van der Waals surface area contributed by atoms with Gasteiger partial charge in [-0.1, -0.05) is 12.1 Å². The summed E-state index contributed by atoms with van der Waals surface area (Å²) in [6.45, 7) is 5.96. The molecule has 0 bridgehead atoms. The molecule has 108 valence electrons. The van der Waals surface area contributed by atoms with Crippen molar-refractivity contribution in [3.63, 3.8) is 0 Å². The van der Waals surface area contributed by atoms with Gasteiger partial charge in [-0.2, -0.15) is 4.98 Å². The molecule has 6 heteroatoms. The lowest BCUT2D eigenvalue weighted by molar-refractivity contribution is 0.219. The smallest absolute Gasteiger partial charge is 0.241 e. The monoisotopic (exact) mass is 276 g/mol. The van der Waals surface area contributed by atoms with Crippen molar-refractivity contribution in [2.75, 3.05) is 19.6 Å². The predicted octanol–water partition coefficient (Wildman–Crippen LogP) is 1.90. The Kier molecular flexibility index (Phi) is 4.13. The van der Waals surface area contributed by atoms with Crippen LogP contribution in [-0.4, -0.2) is 40.7 Å². The van der Waals surface area contributed by atoms with Crippen LogP contribution in [0.1, 0.15) is 25.7 Å². The summed E-state index contributed by atoms with van der Waals surface area (Å²) >= 11 is 0. The Bertz CT molecular complexity index is 517. The number of nitrogens with one attached hydrogen (secondary N) is 1. The van der Waals surface area contributed by atoms with Crippen LogP contribution >= 0.6 is 0 Å². The SMILES string of the molecule is CCN(Cc1nc(-c2ccco2)no1)CC1CCCN1. The first-order valence-corrected chi connectivity index (χ1v) is 7.17. The second-order valence-electron chi connectivity index (χ2n) is 5.11. The van der Waals surface area contributed by atoms with Gasteiger partial charge >= 0.3 is 0 Å². The summed E-state index contributed by atoms with van der Waals surface area (Å²) in [6.07, 6.45) is 4.12. The van der Waals surface area contributed by atoms with Crippen LogP contribution in [0.25, 0.3) is 11.6 Å². The Morgan fingerprint density at radius 3 is 3.15 bits per heavy atom. The van der Waals surface area contributed by atoms with Crippen LogP contribution in [0.15, 0.2) is 27.3 Å². The summed E-state index contributed by atoms with van der Waals surface area (Å²) in [4.78, 5) is 6.70. The Hall–Kier alpha value is -1.66. The normalized spacial score (nSPS) is 19.0. The van der Waals surface area contributed by atoms with E-state index in [9.17, 15) is 0 Å². The number of hydrogen-bond acceptors (Lipinski definition) is 6. The van der Waals surface area contributed by atoms with Crippen molar-refractivity contribution in [2.24, 2.45) is 0 Å². The molecule has 0 spiro atoms. The Morgan fingerprint density at radius 1 is 1.50 bits per heavy atom. The fourth-order valence-electron chi connectivity index (χ4n) is 2.55. The number of furan rings is 1. The van der Waals surface area contributed by atoms with Gasteiger partial charge in [0.1, 0.15) is 0 Å². The van der Waals surface area contributed by atoms with E-state index >= 15 is 0 Å². The van der Waals surface area contributed by atoms with E-state index in [0.29, 0.717) is 30.1 Å². The minimum absolute atomic E-state index is 0.514. The van der Waals surface area contributed by atoms with Gasteiger partial charge in [-0.05, 0) is 38.1 Å². The summed E-state index contributed by atoms with van der Waals surface area (Å²) < 4.78 is 10.6. The first-order chi connectivity index (χ1) is 9.85. The van der Waals surface area contributed by atoms with E-state index in [4.69, 9.17) is 8.94 Å². The van der Waals surface area contributed by atoms with E-state index in [2.05, 4.69) is 27.3 Å². The highest BCUT2D eigenvalue weighted by atomic mass is 16.5. The van der Waals surface area contributed by atoms with Gasteiger partial charge in [-0.25, -0.2) is 0 Å². The molecule has 1 saturated heterocycles. The fraction of sp³-hybridized carbons (Fsp3) is 0.571. The first kappa shape index (κ1) is 13.3. The first-order valence-electron chi connectivity index (χ1n) is 7.17. The van der Waals surface area contributed by atoms with Crippen LogP contribution in [-0.2, 0) is 6.54 Å². The molecule has 3 rings (SSSR count). The van der Waals surface area contributed by atoms with Crippen molar-refractivity contribution < 1.29 is 8.94 Å². The molecule has 0 saturated carbocycles. The Labute approximate surface area is 118 Å². The van der Waals surface area contributed by atoms with E-state index < -0.39 is 0 Å². The quantitative estimate of drug-likeness (QED) is 0.869. The molecule has 1 atom stereocenters. The molecule has 1 unspecified atom stereocenters. The van der Waals surface area contributed by atoms with Crippen LogP contribution in [0.4, 0.5) is 0 Å². The highest BCUT2D eigenvalue weighted by molar-refractivity contribution is 5.44. The summed E-state index contributed by atoms with van der Waals surface area (Å²) in [5.74, 6) is 1.79. The maximum atomic E-state index is 5.30. The average Bonchev–Trinajstić information content (AvgIpc) is 3.20. The molecule has 0 aliphatic carbocycles. The second-order valence-corrected chi connectivity index (χ2v) is 5.11. The van der Waals surface area contributed by atoms with Crippen molar-refractivity contribution >= 4 is 0 Å². The highest BCUT2D eigenvalue weighted by Gasteiger charge is 2.19. The molecule has 1 aliphatic rings. The number of rotatable bonds is 6. The summed E-state index contributed by atoms with van der Waals surface area (Å²) in [6, 6.07) is 4.23. The van der Waals surface area contributed by atoms with Crippen molar-refractivity contribution in [1.29, 1.82) is 0 Å². The standard InChI is InChI=1S/C14H20N4O2/c1-2-18(9-11-5-3-7-15-11)10-13-16-14(17-20-13)12-6-4-8-19-12/h4,6,8,11,15H,2-3,5,7,9-10H2,1H3. The highest BCUT2D eigenvalue weighted by Crippen LogP contribution is 2.16. The zero-order valence-corrected chi connectivity index (χ0v) is 11.7. The molecule has 6 nitrogen and oxygen atoms in total. The average molecular weight is 276 g/mol. The van der Waals surface area contributed by atoms with Crippen molar-refractivity contribution in [2.45, 2.75) is 32.4 Å². The molecule has 0 aromatic carbocycles. The van der Waals surface area contributed by atoms with Crippen LogP contribution < -0.4 is 5.32 Å². The lowest BCUT2D eigenvalue weighted by Gasteiger charge is -2.22. The maximum Gasteiger partial charge on any atom is 0.241 e. The summed E-state index contributed by atoms with van der Waals surface area (Å²) in [7, 11) is 0. The third-order valence-electron chi connectivity index (χ3n) is 3.66. The van der Waals surface area contributed by atoms with Gasteiger partial charge in [0.2, 0.25) is 11.7 Å². The second kappa shape index (κ2) is 6.19. The van der Waals surface area contributed by atoms with Gasteiger partial charge in [0, 0.05) is 12.6 Å². The van der Waals surface area contributed by atoms with Crippen molar-refractivity contribution in [1.82, 2.24) is 20.4 Å². The van der Waals surface area contributed by atoms with Gasteiger partial charge in [0.25, 0.3) is 0 Å². The molecule has 0 amide bonds. The van der Waals surface area contributed by atoms with Crippen LogP contribution in [0.3, 0.4) is 0 Å². The Morgan fingerprint density at radius 2 is 2.45 bits per heavy atom. The molecule has 2 aromatic heterocycles. The molecular formula is C14H20N4O2. The van der Waals surface area contributed by atoms with Gasteiger partial charge in [-0.3, -0.25) is 4.90 Å². The number of aromatic nitrogens is 2. The predicted molar refractivity (Wildman–Crippen MR) is 74.0 cm³/mol. The van der Waals surface area contributed by atoms with Gasteiger partial charge in [0.15, 0.2) is 5.76 Å². The number of likely N-dealkylation sites (N-methyl/N-ethyl adjacent to an activating group) is 1. The van der Waals surface area contributed by atoms with Crippen LogP contribution in [0, 0.1) is 0 Å². The topological polar surface area (TPSA) is 67.3 Å². The minimum Gasteiger partial charge on any atom is -0.461 e. The van der Waals surface area contributed by atoms with Crippen molar-refractivity contribution in [3.8, 4) is 11.6 Å². The van der Waals surface area contributed by atoms with Gasteiger partial charge < -0.3 is 14.3 Å². The molecular weight excluding hydrogens is 256 g/mol. The molecule has 3 heterocycles. The lowest BCUT2D eigenvalue weighted by Crippen LogP contribution is -2.37. The van der Waals surface area contributed by atoms with E-state index in [1.807, 2.05) is 12.1 Å². The zero-order chi connectivity index (χ0) is 13.8. The van der Waals surface area contributed by atoms with Gasteiger partial charge in [0.05, 0.1) is 12.8 Å². The van der Waals surface area contributed by atoms with Gasteiger partial charge in [-0.15, -0.1) is 0 Å². The fourth-order valence-corrected chi connectivity index (χ4v) is 2.55. The molecule has 1 fully saturated rings. The lowest BCUT2D eigenvalue weighted by atomic mass is 10.2. The van der Waals surface area contributed by atoms with E-state index in [1.54, 1.807) is 6.26 Å².